The Morgan fingerprint density at radius 2 is 2.27 bits per heavy atom. The van der Waals surface area contributed by atoms with Crippen molar-refractivity contribution in [2.75, 3.05) is 6.54 Å². The van der Waals surface area contributed by atoms with Gasteiger partial charge in [0.1, 0.15) is 5.75 Å². The van der Waals surface area contributed by atoms with Crippen LogP contribution in [-0.4, -0.2) is 11.7 Å². The van der Waals surface area contributed by atoms with Gasteiger partial charge in [-0.25, -0.2) is 0 Å². The van der Waals surface area contributed by atoms with Crippen molar-refractivity contribution in [1.82, 2.24) is 5.32 Å². The monoisotopic (exact) mass is 333 g/mol. The molecule has 0 aliphatic rings. The summed E-state index contributed by atoms with van der Waals surface area (Å²) in [6.45, 7) is 6.42. The average molecular weight is 335 g/mol. The second-order valence-corrected chi connectivity index (χ2v) is 5.36. The van der Waals surface area contributed by atoms with E-state index in [9.17, 15) is 5.11 Å². The van der Waals surface area contributed by atoms with Crippen LogP contribution in [0, 0.1) is 0 Å². The summed E-state index contributed by atoms with van der Waals surface area (Å²) in [6, 6.07) is 5.59. The van der Waals surface area contributed by atoms with Crippen LogP contribution in [0.25, 0.3) is 0 Å². The maximum atomic E-state index is 9.72. The van der Waals surface area contributed by atoms with E-state index in [1.54, 1.807) is 6.07 Å². The second-order valence-electron chi connectivity index (χ2n) is 3.32. The number of halogens is 2. The van der Waals surface area contributed by atoms with Gasteiger partial charge in [0.2, 0.25) is 0 Å². The van der Waals surface area contributed by atoms with Crippen LogP contribution in [0.5, 0.6) is 5.75 Å². The predicted octanol–water partition coefficient (Wildman–Crippen LogP) is 3.71. The number of hydrogen-bond acceptors (Lipinski definition) is 2. The molecule has 1 aromatic carbocycles. The topological polar surface area (TPSA) is 32.3 Å². The van der Waals surface area contributed by atoms with Gasteiger partial charge in [-0.2, -0.15) is 0 Å². The standard InChI is InChI=1S/C11H13Br2NO/c1-7(12)6-14-8(2)10-4-3-9(13)5-11(10)15/h3-5,8,14-15H,1,6H2,2H3. The summed E-state index contributed by atoms with van der Waals surface area (Å²) in [5.41, 5.74) is 0.881. The highest BCUT2D eigenvalue weighted by Crippen LogP contribution is 2.27. The molecule has 2 N–H and O–H groups in total. The summed E-state index contributed by atoms with van der Waals surface area (Å²) < 4.78 is 1.77. The van der Waals surface area contributed by atoms with Crippen LogP contribution in [0.2, 0.25) is 0 Å². The zero-order chi connectivity index (χ0) is 11.4. The highest BCUT2D eigenvalue weighted by atomic mass is 79.9. The largest absolute Gasteiger partial charge is 0.508 e. The van der Waals surface area contributed by atoms with Crippen molar-refractivity contribution in [3.63, 3.8) is 0 Å². The highest BCUT2D eigenvalue weighted by Gasteiger charge is 2.09. The van der Waals surface area contributed by atoms with Crippen LogP contribution >= 0.6 is 31.9 Å². The summed E-state index contributed by atoms with van der Waals surface area (Å²) in [4.78, 5) is 0. The molecule has 0 heterocycles. The molecule has 0 saturated carbocycles. The molecule has 1 unspecified atom stereocenters. The maximum Gasteiger partial charge on any atom is 0.121 e. The van der Waals surface area contributed by atoms with Crippen LogP contribution < -0.4 is 5.32 Å². The molecule has 0 radical (unpaired) electrons. The Hall–Kier alpha value is -0.320. The minimum absolute atomic E-state index is 0.0902. The van der Waals surface area contributed by atoms with Crippen LogP contribution in [0.1, 0.15) is 18.5 Å². The Bertz CT molecular complexity index is 366. The molecule has 0 saturated heterocycles. The molecule has 0 fully saturated rings. The fourth-order valence-electron chi connectivity index (χ4n) is 1.26. The van der Waals surface area contributed by atoms with E-state index in [0.29, 0.717) is 12.3 Å². The number of aromatic hydroxyl groups is 1. The number of rotatable bonds is 4. The molecule has 82 valence electrons. The number of hydrogen-bond donors (Lipinski definition) is 2. The first-order valence-corrected chi connectivity index (χ1v) is 6.14. The van der Waals surface area contributed by atoms with Gasteiger partial charge in [0, 0.05) is 27.1 Å². The third kappa shape index (κ3) is 3.97. The molecule has 0 spiro atoms. The molecule has 0 aliphatic heterocycles. The van der Waals surface area contributed by atoms with E-state index in [0.717, 1.165) is 14.5 Å². The summed E-state index contributed by atoms with van der Waals surface area (Å²) in [5, 5.41) is 13.0. The number of nitrogens with one attached hydrogen (secondary N) is 1. The SMILES string of the molecule is C=C(Br)CNC(C)c1ccc(Br)cc1O. The molecule has 0 aromatic heterocycles. The summed E-state index contributed by atoms with van der Waals surface area (Å²) in [7, 11) is 0. The zero-order valence-corrected chi connectivity index (χ0v) is 11.6. The molecule has 0 bridgehead atoms. The van der Waals surface area contributed by atoms with E-state index in [4.69, 9.17) is 0 Å². The molecule has 15 heavy (non-hydrogen) atoms. The van der Waals surface area contributed by atoms with Gasteiger partial charge in [-0.3, -0.25) is 0 Å². The van der Waals surface area contributed by atoms with Crippen molar-refractivity contribution in [2.24, 2.45) is 0 Å². The zero-order valence-electron chi connectivity index (χ0n) is 8.43. The van der Waals surface area contributed by atoms with Gasteiger partial charge in [-0.15, -0.1) is 0 Å². The lowest BCUT2D eigenvalue weighted by Crippen LogP contribution is -2.19. The lowest BCUT2D eigenvalue weighted by Gasteiger charge is -2.15. The Kier molecular flexibility index (Phi) is 4.83. The Labute approximate surface area is 107 Å². The number of phenolic OH excluding ortho intramolecular Hbond substituents is 1. The molecule has 1 rings (SSSR count). The quantitative estimate of drug-likeness (QED) is 0.879. The van der Waals surface area contributed by atoms with Gasteiger partial charge >= 0.3 is 0 Å². The Balaban J connectivity index is 2.73. The maximum absolute atomic E-state index is 9.72. The van der Waals surface area contributed by atoms with Crippen molar-refractivity contribution in [2.45, 2.75) is 13.0 Å². The molecule has 1 aromatic rings. The fraction of sp³-hybridized carbons (Fsp3) is 0.273. The van der Waals surface area contributed by atoms with Crippen molar-refractivity contribution in [1.29, 1.82) is 0 Å². The van der Waals surface area contributed by atoms with E-state index in [-0.39, 0.29) is 6.04 Å². The minimum atomic E-state index is 0.0902. The fourth-order valence-corrected chi connectivity index (χ4v) is 1.77. The van der Waals surface area contributed by atoms with Gasteiger partial charge in [-0.1, -0.05) is 44.5 Å². The van der Waals surface area contributed by atoms with Gasteiger partial charge in [0.05, 0.1) is 0 Å². The summed E-state index contributed by atoms with van der Waals surface area (Å²) in [5.74, 6) is 0.296. The number of phenols is 1. The van der Waals surface area contributed by atoms with E-state index < -0.39 is 0 Å². The first-order valence-electron chi connectivity index (χ1n) is 4.55. The molecule has 4 heteroatoms. The molecular weight excluding hydrogens is 322 g/mol. The van der Waals surface area contributed by atoms with Crippen molar-refractivity contribution < 1.29 is 5.11 Å². The number of benzene rings is 1. The average Bonchev–Trinajstić information content (AvgIpc) is 2.14. The lowest BCUT2D eigenvalue weighted by atomic mass is 10.1. The van der Waals surface area contributed by atoms with E-state index in [1.165, 1.54) is 0 Å². The van der Waals surface area contributed by atoms with E-state index in [2.05, 4.69) is 43.8 Å². The van der Waals surface area contributed by atoms with Crippen molar-refractivity contribution in [3.8, 4) is 5.75 Å². The predicted molar refractivity (Wildman–Crippen MR) is 70.3 cm³/mol. The van der Waals surface area contributed by atoms with E-state index in [1.807, 2.05) is 19.1 Å². The first kappa shape index (κ1) is 12.7. The summed E-state index contributed by atoms with van der Waals surface area (Å²) >= 11 is 6.58. The van der Waals surface area contributed by atoms with Gasteiger partial charge in [-0.05, 0) is 19.1 Å². The van der Waals surface area contributed by atoms with E-state index >= 15 is 0 Å². The van der Waals surface area contributed by atoms with Crippen LogP contribution in [-0.2, 0) is 0 Å². The molecule has 0 aliphatic carbocycles. The van der Waals surface area contributed by atoms with Crippen LogP contribution in [0.4, 0.5) is 0 Å². The molecule has 2 nitrogen and oxygen atoms in total. The van der Waals surface area contributed by atoms with Gasteiger partial charge < -0.3 is 10.4 Å². The highest BCUT2D eigenvalue weighted by molar-refractivity contribution is 9.11. The Morgan fingerprint density at radius 1 is 1.60 bits per heavy atom. The van der Waals surface area contributed by atoms with Crippen LogP contribution in [0.3, 0.4) is 0 Å². The van der Waals surface area contributed by atoms with Crippen molar-refractivity contribution in [3.05, 3.63) is 39.3 Å². The van der Waals surface area contributed by atoms with Crippen LogP contribution in [0.15, 0.2) is 33.7 Å². The molecule has 1 atom stereocenters. The van der Waals surface area contributed by atoms with Crippen molar-refractivity contribution >= 4 is 31.9 Å². The first-order chi connectivity index (χ1) is 7.00. The molecular formula is C11H13Br2NO. The molecule has 0 amide bonds. The smallest absolute Gasteiger partial charge is 0.121 e. The van der Waals surface area contributed by atoms with Gasteiger partial charge in [0.15, 0.2) is 0 Å². The third-order valence-corrected chi connectivity index (χ3v) is 2.83. The lowest BCUT2D eigenvalue weighted by molar-refractivity contribution is 0.455. The Morgan fingerprint density at radius 3 is 2.80 bits per heavy atom. The normalized spacial score (nSPS) is 12.5. The third-order valence-electron chi connectivity index (χ3n) is 2.06. The summed E-state index contributed by atoms with van der Waals surface area (Å²) in [6.07, 6.45) is 0. The minimum Gasteiger partial charge on any atom is -0.508 e. The van der Waals surface area contributed by atoms with Gasteiger partial charge in [0.25, 0.3) is 0 Å². The second kappa shape index (κ2) is 5.68.